The SMILES string of the molecule is C[C@@H](Cn1ccnc1)NCc1cnc(C2CCC2)s1. The second-order valence-corrected chi connectivity index (χ2v) is 6.48. The lowest BCUT2D eigenvalue weighted by atomic mass is 9.86. The zero-order chi connectivity index (χ0) is 13.1. The third-order valence-corrected chi connectivity index (χ3v) is 4.85. The zero-order valence-electron chi connectivity index (χ0n) is 11.2. The lowest BCUT2D eigenvalue weighted by Crippen LogP contribution is -2.29. The molecule has 0 aromatic carbocycles. The Hall–Kier alpha value is -1.20. The minimum atomic E-state index is 0.434. The Morgan fingerprint density at radius 3 is 3.11 bits per heavy atom. The molecule has 0 saturated heterocycles. The molecule has 0 radical (unpaired) electrons. The molecule has 5 heteroatoms. The van der Waals surface area contributed by atoms with Gasteiger partial charge in [0.1, 0.15) is 0 Å². The van der Waals surface area contributed by atoms with E-state index in [2.05, 4.69) is 26.8 Å². The Kier molecular flexibility index (Phi) is 3.94. The normalized spacial score (nSPS) is 17.3. The van der Waals surface area contributed by atoms with Crippen molar-refractivity contribution in [1.82, 2.24) is 19.9 Å². The molecule has 1 aliphatic rings. The van der Waals surface area contributed by atoms with Crippen molar-refractivity contribution in [3.8, 4) is 0 Å². The molecule has 2 aromatic heterocycles. The number of hydrogen-bond donors (Lipinski definition) is 1. The first-order valence-corrected chi connectivity index (χ1v) is 7.76. The van der Waals surface area contributed by atoms with E-state index < -0.39 is 0 Å². The fourth-order valence-corrected chi connectivity index (χ4v) is 3.34. The van der Waals surface area contributed by atoms with Gasteiger partial charge in [-0.2, -0.15) is 0 Å². The fourth-order valence-electron chi connectivity index (χ4n) is 2.30. The molecule has 1 saturated carbocycles. The van der Waals surface area contributed by atoms with Gasteiger partial charge in [0.05, 0.1) is 11.3 Å². The first-order chi connectivity index (χ1) is 9.31. The molecule has 0 unspecified atom stereocenters. The summed E-state index contributed by atoms with van der Waals surface area (Å²) in [6.07, 6.45) is 11.8. The highest BCUT2D eigenvalue weighted by atomic mass is 32.1. The van der Waals surface area contributed by atoms with Crippen molar-refractivity contribution in [2.45, 2.75) is 51.2 Å². The average Bonchev–Trinajstić information content (AvgIpc) is 2.96. The highest BCUT2D eigenvalue weighted by molar-refractivity contribution is 7.11. The van der Waals surface area contributed by atoms with Crippen molar-refractivity contribution >= 4 is 11.3 Å². The number of nitrogens with zero attached hydrogens (tertiary/aromatic N) is 3. The Morgan fingerprint density at radius 2 is 2.42 bits per heavy atom. The van der Waals surface area contributed by atoms with Crippen molar-refractivity contribution in [2.24, 2.45) is 0 Å². The van der Waals surface area contributed by atoms with E-state index >= 15 is 0 Å². The molecule has 0 spiro atoms. The van der Waals surface area contributed by atoms with E-state index in [1.54, 1.807) is 0 Å². The van der Waals surface area contributed by atoms with Gasteiger partial charge >= 0.3 is 0 Å². The number of thiazole rings is 1. The molecule has 1 aliphatic carbocycles. The van der Waals surface area contributed by atoms with Crippen LogP contribution in [0.15, 0.2) is 24.9 Å². The van der Waals surface area contributed by atoms with Gasteiger partial charge in [0.15, 0.2) is 0 Å². The highest BCUT2D eigenvalue weighted by Gasteiger charge is 2.22. The van der Waals surface area contributed by atoms with Crippen LogP contribution in [0.25, 0.3) is 0 Å². The summed E-state index contributed by atoms with van der Waals surface area (Å²) in [7, 11) is 0. The standard InChI is InChI=1S/C14H20N4S/c1-11(9-18-6-5-15-10-18)16-7-13-8-17-14(19-13)12-3-2-4-12/h5-6,8,10-12,16H,2-4,7,9H2,1H3/t11-/m0/s1. The van der Waals surface area contributed by atoms with Gasteiger partial charge in [-0.05, 0) is 19.8 Å². The third-order valence-electron chi connectivity index (χ3n) is 3.69. The Morgan fingerprint density at radius 1 is 1.53 bits per heavy atom. The summed E-state index contributed by atoms with van der Waals surface area (Å²) in [5.41, 5.74) is 0. The van der Waals surface area contributed by atoms with Crippen LogP contribution in [0.1, 0.15) is 42.0 Å². The van der Waals surface area contributed by atoms with E-state index in [1.165, 1.54) is 29.1 Å². The van der Waals surface area contributed by atoms with E-state index in [9.17, 15) is 0 Å². The molecular weight excluding hydrogens is 256 g/mol. The van der Waals surface area contributed by atoms with E-state index in [1.807, 2.05) is 36.3 Å². The summed E-state index contributed by atoms with van der Waals surface area (Å²) < 4.78 is 2.10. The molecule has 2 aromatic rings. The first kappa shape index (κ1) is 12.8. The van der Waals surface area contributed by atoms with Crippen LogP contribution >= 0.6 is 11.3 Å². The van der Waals surface area contributed by atoms with E-state index in [-0.39, 0.29) is 0 Å². The Labute approximate surface area is 117 Å². The number of imidazole rings is 1. The van der Waals surface area contributed by atoms with Crippen LogP contribution in [-0.2, 0) is 13.1 Å². The van der Waals surface area contributed by atoms with Crippen molar-refractivity contribution in [3.63, 3.8) is 0 Å². The van der Waals surface area contributed by atoms with Gasteiger partial charge < -0.3 is 9.88 Å². The van der Waals surface area contributed by atoms with Gasteiger partial charge in [0.25, 0.3) is 0 Å². The fraction of sp³-hybridized carbons (Fsp3) is 0.571. The minimum Gasteiger partial charge on any atom is -0.336 e. The summed E-state index contributed by atoms with van der Waals surface area (Å²) in [4.78, 5) is 9.96. The van der Waals surface area contributed by atoms with Crippen molar-refractivity contribution < 1.29 is 0 Å². The van der Waals surface area contributed by atoms with Crippen LogP contribution in [0.4, 0.5) is 0 Å². The van der Waals surface area contributed by atoms with E-state index in [0.29, 0.717) is 6.04 Å². The smallest absolute Gasteiger partial charge is 0.0959 e. The molecule has 19 heavy (non-hydrogen) atoms. The minimum absolute atomic E-state index is 0.434. The van der Waals surface area contributed by atoms with E-state index in [0.717, 1.165) is 19.0 Å². The van der Waals surface area contributed by atoms with Gasteiger partial charge in [-0.3, -0.25) is 0 Å². The molecule has 1 N–H and O–H groups in total. The van der Waals surface area contributed by atoms with Crippen LogP contribution in [0.2, 0.25) is 0 Å². The van der Waals surface area contributed by atoms with Gasteiger partial charge in [-0.15, -0.1) is 11.3 Å². The van der Waals surface area contributed by atoms with Crippen LogP contribution < -0.4 is 5.32 Å². The Balaban J connectivity index is 1.47. The maximum absolute atomic E-state index is 4.56. The maximum atomic E-state index is 4.56. The quantitative estimate of drug-likeness (QED) is 0.882. The van der Waals surface area contributed by atoms with E-state index in [4.69, 9.17) is 0 Å². The van der Waals surface area contributed by atoms with Crippen LogP contribution in [0.3, 0.4) is 0 Å². The lowest BCUT2D eigenvalue weighted by Gasteiger charge is -2.22. The number of nitrogens with one attached hydrogen (secondary N) is 1. The lowest BCUT2D eigenvalue weighted by molar-refractivity contribution is 0.418. The molecule has 1 fully saturated rings. The topological polar surface area (TPSA) is 42.7 Å². The van der Waals surface area contributed by atoms with Gasteiger partial charge in [-0.1, -0.05) is 6.42 Å². The summed E-state index contributed by atoms with van der Waals surface area (Å²) in [5, 5.41) is 4.89. The van der Waals surface area contributed by atoms with Crippen molar-refractivity contribution in [3.05, 3.63) is 34.8 Å². The van der Waals surface area contributed by atoms with Gasteiger partial charge in [0, 0.05) is 48.5 Å². The summed E-state index contributed by atoms with van der Waals surface area (Å²) in [6, 6.07) is 0.434. The second kappa shape index (κ2) is 5.84. The van der Waals surface area contributed by atoms with Crippen molar-refractivity contribution in [1.29, 1.82) is 0 Å². The average molecular weight is 276 g/mol. The molecule has 0 aliphatic heterocycles. The van der Waals surface area contributed by atoms with Crippen LogP contribution in [0.5, 0.6) is 0 Å². The van der Waals surface area contributed by atoms with Gasteiger partial charge in [-0.25, -0.2) is 9.97 Å². The molecule has 102 valence electrons. The first-order valence-electron chi connectivity index (χ1n) is 6.95. The predicted octanol–water partition coefficient (Wildman–Crippen LogP) is 2.79. The maximum Gasteiger partial charge on any atom is 0.0959 e. The largest absolute Gasteiger partial charge is 0.336 e. The summed E-state index contributed by atoms with van der Waals surface area (Å²) in [5.74, 6) is 0.752. The monoisotopic (exact) mass is 276 g/mol. The van der Waals surface area contributed by atoms with Crippen LogP contribution in [-0.4, -0.2) is 20.6 Å². The molecule has 1 atom stereocenters. The highest BCUT2D eigenvalue weighted by Crippen LogP contribution is 2.38. The summed E-state index contributed by atoms with van der Waals surface area (Å²) >= 11 is 1.87. The van der Waals surface area contributed by atoms with Crippen LogP contribution in [0, 0.1) is 0 Å². The predicted molar refractivity (Wildman–Crippen MR) is 77.2 cm³/mol. The third kappa shape index (κ3) is 3.22. The zero-order valence-corrected chi connectivity index (χ0v) is 12.1. The molecule has 0 bridgehead atoms. The van der Waals surface area contributed by atoms with Gasteiger partial charge in [0.2, 0.25) is 0 Å². The molecule has 2 heterocycles. The Bertz CT molecular complexity index is 501. The summed E-state index contributed by atoms with van der Waals surface area (Å²) in [6.45, 7) is 4.07. The number of aromatic nitrogens is 3. The second-order valence-electron chi connectivity index (χ2n) is 5.33. The molecule has 0 amide bonds. The molecule has 4 nitrogen and oxygen atoms in total. The van der Waals surface area contributed by atoms with Crippen molar-refractivity contribution in [2.75, 3.05) is 0 Å². The number of hydrogen-bond acceptors (Lipinski definition) is 4. The number of rotatable bonds is 6. The molecular formula is C14H20N4S. The molecule has 3 rings (SSSR count).